The van der Waals surface area contributed by atoms with Crippen LogP contribution in [0, 0.1) is 0 Å². The Morgan fingerprint density at radius 2 is 1.96 bits per heavy atom. The largest absolute Gasteiger partial charge is 0.352 e. The molecule has 0 fully saturated rings. The lowest BCUT2D eigenvalue weighted by molar-refractivity contribution is -0.121. The van der Waals surface area contributed by atoms with Gasteiger partial charge in [0.05, 0.1) is 0 Å². The van der Waals surface area contributed by atoms with Crippen LogP contribution in [-0.2, 0) is 24.3 Å². The van der Waals surface area contributed by atoms with E-state index < -0.39 is 0 Å². The van der Waals surface area contributed by atoms with Gasteiger partial charge in [-0.2, -0.15) is 5.10 Å². The Labute approximate surface area is 152 Å². The molecule has 4 N–H and O–H groups in total. The highest BCUT2D eigenvalue weighted by Gasteiger charge is 2.21. The van der Waals surface area contributed by atoms with Crippen LogP contribution in [0.4, 0.5) is 0 Å². The van der Waals surface area contributed by atoms with Crippen molar-refractivity contribution in [2.75, 3.05) is 13.1 Å². The Morgan fingerprint density at radius 3 is 2.76 bits per heavy atom. The predicted octanol–water partition coefficient (Wildman–Crippen LogP) is 0.913. The number of aromatic amines is 1. The Kier molecular flexibility index (Phi) is 6.97. The molecule has 2 aromatic rings. The monoisotopic (exact) mass is 363 g/mol. The molecule has 0 saturated heterocycles. The van der Waals surface area contributed by atoms with Gasteiger partial charge in [0.1, 0.15) is 0 Å². The number of hydrogen-bond acceptors (Lipinski definition) is 4. The van der Waals surface area contributed by atoms with E-state index >= 15 is 0 Å². The van der Waals surface area contributed by atoms with Crippen molar-refractivity contribution in [2.24, 2.45) is 0 Å². The molecule has 0 atom stereocenters. The molecule has 0 bridgehead atoms. The number of carbonyl (C=O) groups is 2. The summed E-state index contributed by atoms with van der Waals surface area (Å²) in [6.45, 7) is 2.31. The number of fused-ring (bicyclic) bond motifs is 1. The number of carbonyl (C=O) groups excluding carboxylic acids is 2. The molecule has 7 nitrogen and oxygen atoms in total. The smallest absolute Gasteiger partial charge is 0.272 e. The molecule has 1 aliphatic rings. The zero-order chi connectivity index (χ0) is 16.8. The third-order valence-corrected chi connectivity index (χ3v) is 3.99. The third-order valence-electron chi connectivity index (χ3n) is 3.99. The Hall–Kier alpha value is -2.38. The first kappa shape index (κ1) is 19.0. The molecular weight excluding hydrogens is 342 g/mol. The summed E-state index contributed by atoms with van der Waals surface area (Å²) in [5.41, 5.74) is 3.40. The highest BCUT2D eigenvalue weighted by Crippen LogP contribution is 2.14. The van der Waals surface area contributed by atoms with Crippen molar-refractivity contribution in [1.82, 2.24) is 26.1 Å². The van der Waals surface area contributed by atoms with E-state index in [1.54, 1.807) is 0 Å². The van der Waals surface area contributed by atoms with Crippen molar-refractivity contribution >= 4 is 24.2 Å². The SMILES string of the molecule is Cl.O=C(CCNC(=O)c1n[nH]c2c1CNCC2)NCc1ccccc1. The molecule has 8 heteroatoms. The van der Waals surface area contributed by atoms with Gasteiger partial charge in [-0.25, -0.2) is 0 Å². The summed E-state index contributed by atoms with van der Waals surface area (Å²) >= 11 is 0. The number of aromatic nitrogens is 2. The van der Waals surface area contributed by atoms with E-state index in [2.05, 4.69) is 26.1 Å². The van der Waals surface area contributed by atoms with Gasteiger partial charge in [0.2, 0.25) is 5.91 Å². The van der Waals surface area contributed by atoms with Crippen LogP contribution in [-0.4, -0.2) is 35.1 Å². The zero-order valence-electron chi connectivity index (χ0n) is 13.8. The molecule has 0 unspecified atom stereocenters. The Morgan fingerprint density at radius 1 is 1.16 bits per heavy atom. The number of benzene rings is 1. The molecule has 1 aromatic heterocycles. The first-order valence-electron chi connectivity index (χ1n) is 8.09. The lowest BCUT2D eigenvalue weighted by Gasteiger charge is -2.12. The molecule has 1 aliphatic heterocycles. The number of H-pyrrole nitrogens is 1. The number of hydrogen-bond donors (Lipinski definition) is 4. The van der Waals surface area contributed by atoms with Gasteiger partial charge in [-0.15, -0.1) is 12.4 Å². The van der Waals surface area contributed by atoms with Gasteiger partial charge in [0.25, 0.3) is 5.91 Å². The fraction of sp³-hybridized carbons (Fsp3) is 0.353. The molecular formula is C17H22ClN5O2. The van der Waals surface area contributed by atoms with E-state index in [-0.39, 0.29) is 37.2 Å². The number of rotatable bonds is 6. The lowest BCUT2D eigenvalue weighted by Crippen LogP contribution is -2.32. The fourth-order valence-corrected chi connectivity index (χ4v) is 2.67. The van der Waals surface area contributed by atoms with Crippen molar-refractivity contribution < 1.29 is 9.59 Å². The molecule has 0 aliphatic carbocycles. The van der Waals surface area contributed by atoms with Crippen LogP contribution in [0.15, 0.2) is 30.3 Å². The van der Waals surface area contributed by atoms with Gasteiger partial charge >= 0.3 is 0 Å². The number of nitrogens with one attached hydrogen (secondary N) is 4. The van der Waals surface area contributed by atoms with Crippen LogP contribution in [0.2, 0.25) is 0 Å². The fourth-order valence-electron chi connectivity index (χ4n) is 2.67. The normalized spacial score (nSPS) is 12.6. The summed E-state index contributed by atoms with van der Waals surface area (Å²) in [6, 6.07) is 9.71. The molecule has 2 heterocycles. The van der Waals surface area contributed by atoms with Crippen molar-refractivity contribution in [2.45, 2.75) is 25.9 Å². The van der Waals surface area contributed by atoms with Gasteiger partial charge in [-0.05, 0) is 5.56 Å². The van der Waals surface area contributed by atoms with E-state index in [1.807, 2.05) is 30.3 Å². The van der Waals surface area contributed by atoms with E-state index in [4.69, 9.17) is 0 Å². The average Bonchev–Trinajstić information content (AvgIpc) is 3.05. The first-order valence-corrected chi connectivity index (χ1v) is 8.09. The summed E-state index contributed by atoms with van der Waals surface area (Å²) in [5, 5.41) is 15.8. The first-order chi connectivity index (χ1) is 11.7. The number of amides is 2. The topological polar surface area (TPSA) is 98.9 Å². The second kappa shape index (κ2) is 9.19. The highest BCUT2D eigenvalue weighted by molar-refractivity contribution is 5.94. The molecule has 25 heavy (non-hydrogen) atoms. The molecule has 0 radical (unpaired) electrons. The molecule has 2 amide bonds. The van der Waals surface area contributed by atoms with Gasteiger partial charge in [-0.1, -0.05) is 30.3 Å². The third kappa shape index (κ3) is 5.04. The predicted molar refractivity (Wildman–Crippen MR) is 96.5 cm³/mol. The molecule has 134 valence electrons. The molecule has 0 spiro atoms. The Balaban J connectivity index is 0.00000225. The summed E-state index contributed by atoms with van der Waals surface area (Å²) in [7, 11) is 0. The van der Waals surface area contributed by atoms with E-state index in [1.165, 1.54) is 0 Å². The second-order valence-electron chi connectivity index (χ2n) is 5.72. The minimum absolute atomic E-state index is 0. The van der Waals surface area contributed by atoms with Crippen molar-refractivity contribution in [1.29, 1.82) is 0 Å². The molecule has 0 saturated carbocycles. The van der Waals surface area contributed by atoms with Gasteiger partial charge in [0.15, 0.2) is 5.69 Å². The second-order valence-corrected chi connectivity index (χ2v) is 5.72. The van der Waals surface area contributed by atoms with Gasteiger partial charge in [0, 0.05) is 50.3 Å². The van der Waals surface area contributed by atoms with Crippen LogP contribution in [0.1, 0.15) is 33.7 Å². The van der Waals surface area contributed by atoms with E-state index in [9.17, 15) is 9.59 Å². The molecule has 1 aromatic carbocycles. The standard InChI is InChI=1S/C17H21N5O2.ClH/c23-15(20-10-12-4-2-1-3-5-12)7-9-19-17(24)16-13-11-18-8-6-14(13)21-22-16;/h1-5,18H,6-11H2,(H,19,24)(H,20,23)(H,21,22);1H. The average molecular weight is 364 g/mol. The summed E-state index contributed by atoms with van der Waals surface area (Å²) in [4.78, 5) is 24.0. The molecule has 3 rings (SSSR count). The van der Waals surface area contributed by atoms with Crippen molar-refractivity contribution in [3.63, 3.8) is 0 Å². The lowest BCUT2D eigenvalue weighted by atomic mass is 10.1. The number of nitrogens with zero attached hydrogens (tertiary/aromatic N) is 1. The maximum Gasteiger partial charge on any atom is 0.272 e. The van der Waals surface area contributed by atoms with Crippen molar-refractivity contribution in [3.05, 3.63) is 52.8 Å². The van der Waals surface area contributed by atoms with Crippen LogP contribution >= 0.6 is 12.4 Å². The summed E-state index contributed by atoms with van der Waals surface area (Å²) in [6.07, 6.45) is 1.08. The Bertz CT molecular complexity index is 717. The van der Waals surface area contributed by atoms with Crippen LogP contribution < -0.4 is 16.0 Å². The van der Waals surface area contributed by atoms with Crippen LogP contribution in [0.3, 0.4) is 0 Å². The maximum absolute atomic E-state index is 12.2. The van der Waals surface area contributed by atoms with Crippen LogP contribution in [0.5, 0.6) is 0 Å². The highest BCUT2D eigenvalue weighted by atomic mass is 35.5. The van der Waals surface area contributed by atoms with Gasteiger partial charge in [-0.3, -0.25) is 14.7 Å². The maximum atomic E-state index is 12.2. The number of halogens is 1. The van der Waals surface area contributed by atoms with E-state index in [0.717, 1.165) is 29.8 Å². The quantitative estimate of drug-likeness (QED) is 0.613. The zero-order valence-corrected chi connectivity index (χ0v) is 14.6. The van der Waals surface area contributed by atoms with Crippen molar-refractivity contribution in [3.8, 4) is 0 Å². The summed E-state index contributed by atoms with van der Waals surface area (Å²) in [5.74, 6) is -0.336. The summed E-state index contributed by atoms with van der Waals surface area (Å²) < 4.78 is 0. The van der Waals surface area contributed by atoms with Gasteiger partial charge < -0.3 is 16.0 Å². The minimum atomic E-state index is -0.243. The minimum Gasteiger partial charge on any atom is -0.352 e. The van der Waals surface area contributed by atoms with Crippen LogP contribution in [0.25, 0.3) is 0 Å². The van der Waals surface area contributed by atoms with E-state index in [0.29, 0.717) is 18.8 Å².